The molecule has 0 aliphatic heterocycles. The van der Waals surface area contributed by atoms with E-state index in [0.717, 1.165) is 11.3 Å². The highest BCUT2D eigenvalue weighted by atomic mass is 15.1. The van der Waals surface area contributed by atoms with E-state index in [-0.39, 0.29) is 0 Å². The molecule has 0 saturated heterocycles. The van der Waals surface area contributed by atoms with E-state index in [1.54, 1.807) is 6.07 Å². The monoisotopic (exact) mass is 183 g/mol. The van der Waals surface area contributed by atoms with E-state index in [2.05, 4.69) is 48.4 Å². The molecular formula is C12H11N2. The van der Waals surface area contributed by atoms with E-state index in [1.807, 2.05) is 6.07 Å². The van der Waals surface area contributed by atoms with E-state index < -0.39 is 0 Å². The van der Waals surface area contributed by atoms with Gasteiger partial charge in [-0.2, -0.15) is 0 Å². The molecule has 0 fully saturated rings. The molecule has 2 aromatic rings. The molecule has 2 rings (SSSR count). The maximum absolute atomic E-state index is 4.05. The second-order valence-electron chi connectivity index (χ2n) is 3.37. The molecule has 0 N–H and O–H groups in total. The van der Waals surface area contributed by atoms with Crippen LogP contribution in [0, 0.1) is 20.0 Å². The summed E-state index contributed by atoms with van der Waals surface area (Å²) in [6.07, 6.45) is 2.68. The van der Waals surface area contributed by atoms with Crippen molar-refractivity contribution in [2.75, 3.05) is 0 Å². The molecule has 14 heavy (non-hydrogen) atoms. The molecule has 0 amide bonds. The Morgan fingerprint density at radius 2 is 2.00 bits per heavy atom. The first-order chi connectivity index (χ1) is 6.77. The first-order valence-corrected chi connectivity index (χ1v) is 4.55. The fourth-order valence-electron chi connectivity index (χ4n) is 1.42. The lowest BCUT2D eigenvalue weighted by molar-refractivity contribution is 1.03. The number of hydrogen-bond acceptors (Lipinski definition) is 2. The predicted octanol–water partition coefficient (Wildman–Crippen LogP) is 2.56. The topological polar surface area (TPSA) is 25.8 Å². The SMILES string of the molecule is Cc1ccc(C)c(-c2cc[c]nn2)c1. The quantitative estimate of drug-likeness (QED) is 0.679. The smallest absolute Gasteiger partial charge is 0.113 e. The molecule has 0 saturated carbocycles. The fourth-order valence-corrected chi connectivity index (χ4v) is 1.42. The molecule has 0 bridgehead atoms. The summed E-state index contributed by atoms with van der Waals surface area (Å²) >= 11 is 0. The molecule has 69 valence electrons. The zero-order valence-electron chi connectivity index (χ0n) is 8.28. The minimum absolute atomic E-state index is 0.907. The van der Waals surface area contributed by atoms with Crippen LogP contribution in [0.1, 0.15) is 11.1 Å². The molecule has 0 atom stereocenters. The van der Waals surface area contributed by atoms with E-state index in [0.29, 0.717) is 0 Å². The molecule has 1 heterocycles. The molecule has 2 heteroatoms. The van der Waals surface area contributed by atoms with Gasteiger partial charge in [-0.05, 0) is 37.6 Å². The Morgan fingerprint density at radius 3 is 2.71 bits per heavy atom. The van der Waals surface area contributed by atoms with Crippen molar-refractivity contribution in [3.63, 3.8) is 0 Å². The van der Waals surface area contributed by atoms with Crippen LogP contribution >= 0.6 is 0 Å². The Kier molecular flexibility index (Phi) is 2.27. The van der Waals surface area contributed by atoms with Crippen molar-refractivity contribution in [3.05, 3.63) is 47.7 Å². The number of rotatable bonds is 1. The zero-order valence-corrected chi connectivity index (χ0v) is 8.28. The molecule has 2 nitrogen and oxygen atoms in total. The molecular weight excluding hydrogens is 172 g/mol. The van der Waals surface area contributed by atoms with Gasteiger partial charge in [0, 0.05) is 5.56 Å². The lowest BCUT2D eigenvalue weighted by Crippen LogP contribution is -1.89. The van der Waals surface area contributed by atoms with Crippen LogP contribution in [0.3, 0.4) is 0 Å². The number of aromatic nitrogens is 2. The lowest BCUT2D eigenvalue weighted by atomic mass is 10.0. The van der Waals surface area contributed by atoms with Gasteiger partial charge in [-0.25, -0.2) is 0 Å². The largest absolute Gasteiger partial charge is 0.150 e. The maximum Gasteiger partial charge on any atom is 0.113 e. The second kappa shape index (κ2) is 3.58. The van der Waals surface area contributed by atoms with Gasteiger partial charge in [0.1, 0.15) is 6.20 Å². The number of aryl methyl sites for hydroxylation is 2. The number of benzene rings is 1. The Balaban J connectivity index is 2.57. The lowest BCUT2D eigenvalue weighted by Gasteiger charge is -2.04. The predicted molar refractivity (Wildman–Crippen MR) is 55.8 cm³/mol. The molecule has 1 aromatic heterocycles. The third-order valence-corrected chi connectivity index (χ3v) is 2.20. The van der Waals surface area contributed by atoms with E-state index in [1.165, 1.54) is 11.1 Å². The average molecular weight is 183 g/mol. The number of nitrogens with zero attached hydrogens (tertiary/aromatic N) is 2. The first-order valence-electron chi connectivity index (χ1n) is 4.55. The van der Waals surface area contributed by atoms with Gasteiger partial charge in [0.25, 0.3) is 0 Å². The van der Waals surface area contributed by atoms with Crippen LogP contribution in [0.2, 0.25) is 0 Å². The summed E-state index contributed by atoms with van der Waals surface area (Å²) < 4.78 is 0. The van der Waals surface area contributed by atoms with Gasteiger partial charge in [0.05, 0.1) is 5.69 Å². The van der Waals surface area contributed by atoms with E-state index in [4.69, 9.17) is 0 Å². The first kappa shape index (κ1) is 8.88. The highest BCUT2D eigenvalue weighted by Crippen LogP contribution is 2.21. The van der Waals surface area contributed by atoms with Crippen LogP contribution in [0.4, 0.5) is 0 Å². The molecule has 0 aliphatic rings. The van der Waals surface area contributed by atoms with E-state index >= 15 is 0 Å². The van der Waals surface area contributed by atoms with Gasteiger partial charge < -0.3 is 0 Å². The molecule has 0 aliphatic carbocycles. The summed E-state index contributed by atoms with van der Waals surface area (Å²) in [5.41, 5.74) is 4.51. The highest BCUT2D eigenvalue weighted by molar-refractivity contribution is 5.63. The van der Waals surface area contributed by atoms with Crippen molar-refractivity contribution in [2.24, 2.45) is 0 Å². The van der Waals surface area contributed by atoms with Crippen LogP contribution in [-0.2, 0) is 0 Å². The van der Waals surface area contributed by atoms with E-state index in [9.17, 15) is 0 Å². The molecule has 1 radical (unpaired) electrons. The minimum atomic E-state index is 0.907. The van der Waals surface area contributed by atoms with Gasteiger partial charge in [-0.15, -0.1) is 10.2 Å². The Labute approximate surface area is 83.6 Å². The van der Waals surface area contributed by atoms with Crippen LogP contribution in [-0.4, -0.2) is 10.2 Å². The minimum Gasteiger partial charge on any atom is -0.150 e. The zero-order chi connectivity index (χ0) is 9.97. The summed E-state index contributed by atoms with van der Waals surface area (Å²) in [6, 6.07) is 10.0. The van der Waals surface area contributed by atoms with Crippen LogP contribution < -0.4 is 0 Å². The second-order valence-corrected chi connectivity index (χ2v) is 3.37. The van der Waals surface area contributed by atoms with Crippen LogP contribution in [0.15, 0.2) is 30.3 Å². The third-order valence-electron chi connectivity index (χ3n) is 2.20. The van der Waals surface area contributed by atoms with Crippen molar-refractivity contribution in [2.45, 2.75) is 13.8 Å². The third kappa shape index (κ3) is 1.64. The fraction of sp³-hybridized carbons (Fsp3) is 0.167. The average Bonchev–Trinajstić information content (AvgIpc) is 2.23. The Hall–Kier alpha value is -1.70. The molecule has 0 unspecified atom stereocenters. The summed E-state index contributed by atoms with van der Waals surface area (Å²) in [4.78, 5) is 0. The number of hydrogen-bond donors (Lipinski definition) is 0. The molecule has 1 aromatic carbocycles. The van der Waals surface area contributed by atoms with Gasteiger partial charge in [-0.1, -0.05) is 17.7 Å². The maximum atomic E-state index is 4.05. The van der Waals surface area contributed by atoms with Gasteiger partial charge in [0.2, 0.25) is 0 Å². The van der Waals surface area contributed by atoms with Crippen molar-refractivity contribution in [1.82, 2.24) is 10.2 Å². The summed E-state index contributed by atoms with van der Waals surface area (Å²) in [5.74, 6) is 0. The van der Waals surface area contributed by atoms with Crippen molar-refractivity contribution in [1.29, 1.82) is 0 Å². The Morgan fingerprint density at radius 1 is 1.14 bits per heavy atom. The van der Waals surface area contributed by atoms with Crippen LogP contribution in [0.25, 0.3) is 11.3 Å². The standard InChI is InChI=1S/C12H11N2/c1-9-5-6-10(2)11(8-9)12-4-3-7-13-14-12/h3-6,8H,1-2H3. The van der Waals surface area contributed by atoms with Crippen molar-refractivity contribution < 1.29 is 0 Å². The molecule has 0 spiro atoms. The van der Waals surface area contributed by atoms with Crippen molar-refractivity contribution >= 4 is 0 Å². The summed E-state index contributed by atoms with van der Waals surface area (Å²) in [7, 11) is 0. The summed E-state index contributed by atoms with van der Waals surface area (Å²) in [6.45, 7) is 4.15. The normalized spacial score (nSPS) is 10.1. The summed E-state index contributed by atoms with van der Waals surface area (Å²) in [5, 5.41) is 7.80. The van der Waals surface area contributed by atoms with Gasteiger partial charge in [-0.3, -0.25) is 0 Å². The van der Waals surface area contributed by atoms with Gasteiger partial charge in [0.15, 0.2) is 0 Å². The van der Waals surface area contributed by atoms with Gasteiger partial charge >= 0.3 is 0 Å². The van der Waals surface area contributed by atoms with Crippen molar-refractivity contribution in [3.8, 4) is 11.3 Å². The highest BCUT2D eigenvalue weighted by Gasteiger charge is 2.02. The Bertz CT molecular complexity index is 435. The van der Waals surface area contributed by atoms with Crippen LogP contribution in [0.5, 0.6) is 0 Å².